The van der Waals surface area contributed by atoms with E-state index >= 15 is 0 Å². The van der Waals surface area contributed by atoms with Gasteiger partial charge in [0.15, 0.2) is 5.84 Å². The van der Waals surface area contributed by atoms with Crippen molar-refractivity contribution in [1.82, 2.24) is 19.7 Å². The van der Waals surface area contributed by atoms with E-state index in [-0.39, 0.29) is 17.7 Å². The molecule has 0 bridgehead atoms. The lowest BCUT2D eigenvalue weighted by Crippen LogP contribution is -2.13. The van der Waals surface area contributed by atoms with Gasteiger partial charge in [-0.05, 0) is 6.07 Å². The molecule has 0 radical (unpaired) electrons. The number of amidine groups is 1. The van der Waals surface area contributed by atoms with Gasteiger partial charge in [0.2, 0.25) is 5.88 Å². The molecule has 2 rings (SSSR count). The van der Waals surface area contributed by atoms with Crippen molar-refractivity contribution in [2.75, 3.05) is 0 Å². The van der Waals surface area contributed by atoms with Crippen molar-refractivity contribution in [3.8, 4) is 11.9 Å². The molecule has 8 nitrogen and oxygen atoms in total. The number of ether oxygens (including phenoxy) is 1. The van der Waals surface area contributed by atoms with Gasteiger partial charge in [-0.3, -0.25) is 4.68 Å². The van der Waals surface area contributed by atoms with Crippen LogP contribution in [0.25, 0.3) is 0 Å². The van der Waals surface area contributed by atoms with E-state index in [1.807, 2.05) is 0 Å². The van der Waals surface area contributed by atoms with Crippen LogP contribution in [0.2, 0.25) is 0 Å². The molecule has 17 heavy (non-hydrogen) atoms. The maximum atomic E-state index is 8.55. The Morgan fingerprint density at radius 3 is 3.00 bits per heavy atom. The van der Waals surface area contributed by atoms with Crippen molar-refractivity contribution in [3.05, 3.63) is 30.2 Å². The van der Waals surface area contributed by atoms with Crippen LogP contribution in [0.4, 0.5) is 0 Å². The summed E-state index contributed by atoms with van der Waals surface area (Å²) in [6, 6.07) is 3.29. The van der Waals surface area contributed by atoms with Crippen molar-refractivity contribution in [1.29, 1.82) is 0 Å². The zero-order valence-electron chi connectivity index (χ0n) is 8.98. The van der Waals surface area contributed by atoms with Gasteiger partial charge in [0, 0.05) is 24.9 Å². The molecule has 0 spiro atoms. The summed E-state index contributed by atoms with van der Waals surface area (Å²) in [5.41, 5.74) is 5.94. The molecule has 0 aliphatic heterocycles. The van der Waals surface area contributed by atoms with Crippen molar-refractivity contribution < 1.29 is 9.94 Å². The summed E-state index contributed by atoms with van der Waals surface area (Å²) in [7, 11) is 1.72. The summed E-state index contributed by atoms with van der Waals surface area (Å²) in [6.07, 6.45) is 2.98. The third kappa shape index (κ3) is 2.48. The molecule has 0 atom stereocenters. The van der Waals surface area contributed by atoms with E-state index in [1.54, 1.807) is 13.1 Å². The fraction of sp³-hybridized carbons (Fsp3) is 0.111. The lowest BCUT2D eigenvalue weighted by molar-refractivity contribution is 0.318. The summed E-state index contributed by atoms with van der Waals surface area (Å²) < 4.78 is 6.79. The first-order chi connectivity index (χ1) is 8.19. The molecule has 0 fully saturated rings. The lowest BCUT2D eigenvalue weighted by Gasteiger charge is -2.02. The van der Waals surface area contributed by atoms with Crippen LogP contribution in [-0.2, 0) is 7.05 Å². The Morgan fingerprint density at radius 1 is 1.53 bits per heavy atom. The normalized spacial score (nSPS) is 11.5. The molecule has 0 unspecified atom stereocenters. The van der Waals surface area contributed by atoms with Crippen LogP contribution in [0.5, 0.6) is 11.9 Å². The Balaban J connectivity index is 2.22. The minimum atomic E-state index is -0.0220. The van der Waals surface area contributed by atoms with Crippen molar-refractivity contribution in [3.63, 3.8) is 0 Å². The first-order valence-corrected chi connectivity index (χ1v) is 4.66. The molecule has 8 heteroatoms. The number of oxime groups is 1. The van der Waals surface area contributed by atoms with Gasteiger partial charge < -0.3 is 15.7 Å². The predicted molar refractivity (Wildman–Crippen MR) is 57.8 cm³/mol. The summed E-state index contributed by atoms with van der Waals surface area (Å²) in [5, 5.41) is 15.4. The molecule has 2 aromatic heterocycles. The minimum Gasteiger partial charge on any atom is -0.409 e. The maximum absolute atomic E-state index is 8.55. The van der Waals surface area contributed by atoms with Crippen LogP contribution in [0.1, 0.15) is 5.56 Å². The summed E-state index contributed by atoms with van der Waals surface area (Å²) >= 11 is 0. The van der Waals surface area contributed by atoms with E-state index in [0.717, 1.165) is 0 Å². The number of aryl methyl sites for hydroxylation is 1. The quantitative estimate of drug-likeness (QED) is 0.337. The minimum absolute atomic E-state index is 0.0220. The predicted octanol–water partition coefficient (Wildman–Crippen LogP) is 0.0969. The average Bonchev–Trinajstić information content (AvgIpc) is 2.74. The second-order valence-corrected chi connectivity index (χ2v) is 3.17. The average molecular weight is 234 g/mol. The molecule has 0 saturated heterocycles. The highest BCUT2D eigenvalue weighted by molar-refractivity contribution is 5.97. The molecule has 0 saturated carbocycles. The topological polar surface area (TPSA) is 111 Å². The van der Waals surface area contributed by atoms with Crippen LogP contribution in [0.3, 0.4) is 0 Å². The SMILES string of the molecule is Cn1cnc(Oc2cc(/C(N)=N/O)ccn2)n1. The Labute approximate surface area is 96.4 Å². The molecule has 2 heterocycles. The van der Waals surface area contributed by atoms with Crippen LogP contribution >= 0.6 is 0 Å². The zero-order chi connectivity index (χ0) is 12.3. The van der Waals surface area contributed by atoms with E-state index in [1.165, 1.54) is 23.3 Å². The standard InChI is InChI=1S/C9H10N6O2/c1-15-5-12-9(13-15)17-7-4-6(2-3-11-7)8(10)14-16/h2-5,16H,1H3,(H2,10,14). The summed E-state index contributed by atoms with van der Waals surface area (Å²) in [6.45, 7) is 0. The van der Waals surface area contributed by atoms with E-state index in [4.69, 9.17) is 15.7 Å². The van der Waals surface area contributed by atoms with Gasteiger partial charge in [0.05, 0.1) is 0 Å². The first kappa shape index (κ1) is 10.9. The highest BCUT2D eigenvalue weighted by Gasteiger charge is 2.06. The van der Waals surface area contributed by atoms with E-state index in [2.05, 4.69) is 20.2 Å². The third-order valence-electron chi connectivity index (χ3n) is 1.91. The van der Waals surface area contributed by atoms with Gasteiger partial charge in [-0.1, -0.05) is 5.16 Å². The Bertz CT molecular complexity index is 550. The number of nitrogens with zero attached hydrogens (tertiary/aromatic N) is 5. The molecule has 0 aliphatic rings. The van der Waals surface area contributed by atoms with E-state index < -0.39 is 0 Å². The zero-order valence-corrected chi connectivity index (χ0v) is 8.98. The molecule has 0 aliphatic carbocycles. The first-order valence-electron chi connectivity index (χ1n) is 4.66. The molecular weight excluding hydrogens is 224 g/mol. The molecule has 2 aromatic rings. The summed E-state index contributed by atoms with van der Waals surface area (Å²) in [5.74, 6) is 0.242. The lowest BCUT2D eigenvalue weighted by atomic mass is 10.2. The molecule has 88 valence electrons. The third-order valence-corrected chi connectivity index (χ3v) is 1.91. The van der Waals surface area contributed by atoms with Crippen molar-refractivity contribution >= 4 is 5.84 Å². The summed E-state index contributed by atoms with van der Waals surface area (Å²) in [4.78, 5) is 7.84. The number of hydrogen-bond donors (Lipinski definition) is 2. The van der Waals surface area contributed by atoms with Gasteiger partial charge in [0.25, 0.3) is 0 Å². The number of hydrogen-bond acceptors (Lipinski definition) is 6. The van der Waals surface area contributed by atoms with E-state index in [0.29, 0.717) is 5.56 Å². The highest BCUT2D eigenvalue weighted by Crippen LogP contribution is 2.15. The fourth-order valence-corrected chi connectivity index (χ4v) is 1.14. The second kappa shape index (κ2) is 4.47. The van der Waals surface area contributed by atoms with Crippen LogP contribution in [-0.4, -0.2) is 30.8 Å². The number of nitrogens with two attached hydrogens (primary N) is 1. The van der Waals surface area contributed by atoms with Crippen LogP contribution < -0.4 is 10.5 Å². The smallest absolute Gasteiger partial charge is 0.342 e. The monoisotopic (exact) mass is 234 g/mol. The fourth-order valence-electron chi connectivity index (χ4n) is 1.14. The molecule has 0 amide bonds. The van der Waals surface area contributed by atoms with Crippen molar-refractivity contribution in [2.45, 2.75) is 0 Å². The molecular formula is C9H10N6O2. The number of rotatable bonds is 3. The van der Waals surface area contributed by atoms with Crippen LogP contribution in [0.15, 0.2) is 29.8 Å². The van der Waals surface area contributed by atoms with Gasteiger partial charge in [0.1, 0.15) is 6.33 Å². The maximum Gasteiger partial charge on any atom is 0.342 e. The van der Waals surface area contributed by atoms with E-state index in [9.17, 15) is 0 Å². The Morgan fingerprint density at radius 2 is 2.35 bits per heavy atom. The number of pyridine rings is 1. The highest BCUT2D eigenvalue weighted by atomic mass is 16.5. The molecule has 3 N–H and O–H groups in total. The Hall–Kier alpha value is -2.64. The Kier molecular flexibility index (Phi) is 2.86. The second-order valence-electron chi connectivity index (χ2n) is 3.17. The largest absolute Gasteiger partial charge is 0.409 e. The molecule has 0 aromatic carbocycles. The van der Waals surface area contributed by atoms with Crippen molar-refractivity contribution in [2.24, 2.45) is 17.9 Å². The van der Waals surface area contributed by atoms with Gasteiger partial charge in [-0.15, -0.1) is 5.10 Å². The number of aromatic nitrogens is 4. The van der Waals surface area contributed by atoms with Gasteiger partial charge in [-0.2, -0.15) is 4.98 Å². The van der Waals surface area contributed by atoms with Crippen LogP contribution in [0, 0.1) is 0 Å². The van der Waals surface area contributed by atoms with Gasteiger partial charge in [-0.25, -0.2) is 4.98 Å². The van der Waals surface area contributed by atoms with Gasteiger partial charge >= 0.3 is 6.01 Å².